The average Bonchev–Trinajstić information content (AvgIpc) is 2.67. The van der Waals surface area contributed by atoms with Crippen LogP contribution in [0.4, 0.5) is 10.5 Å². The molecule has 1 atom stereocenters. The third-order valence-electron chi connectivity index (χ3n) is 4.77. The van der Waals surface area contributed by atoms with Crippen molar-refractivity contribution < 1.29 is 19.0 Å². The van der Waals surface area contributed by atoms with E-state index in [2.05, 4.69) is 16.7 Å². The molecule has 0 aromatic heterocycles. The number of urea groups is 1. The van der Waals surface area contributed by atoms with E-state index < -0.39 is 0 Å². The third kappa shape index (κ3) is 3.40. The molecule has 1 aliphatic heterocycles. The highest BCUT2D eigenvalue weighted by molar-refractivity contribution is 5.90. The molecule has 1 heterocycles. The van der Waals surface area contributed by atoms with Gasteiger partial charge < -0.3 is 24.8 Å². The second kappa shape index (κ2) is 7.15. The van der Waals surface area contributed by atoms with Crippen molar-refractivity contribution in [1.82, 2.24) is 5.32 Å². The lowest BCUT2D eigenvalue weighted by atomic mass is 9.87. The highest BCUT2D eigenvalue weighted by atomic mass is 16.6. The van der Waals surface area contributed by atoms with E-state index >= 15 is 0 Å². The van der Waals surface area contributed by atoms with Gasteiger partial charge in [0.15, 0.2) is 11.5 Å². The Morgan fingerprint density at radius 3 is 2.81 bits per heavy atom. The third-order valence-corrected chi connectivity index (χ3v) is 4.77. The topological polar surface area (TPSA) is 68.8 Å². The van der Waals surface area contributed by atoms with Crippen LogP contribution in [-0.4, -0.2) is 26.4 Å². The summed E-state index contributed by atoms with van der Waals surface area (Å²) < 4.78 is 16.4. The molecule has 6 nitrogen and oxygen atoms in total. The standard InChI is InChI=1S/C20H22N2O4/c1-24-15-6-7-16-13(11-15)3-2-4-17(16)22-20(23)21-14-5-8-18-19(12-14)26-10-9-25-18/h5-8,11-12,17H,2-4,9-10H2,1H3,(H2,21,22,23)/t17-/m0/s1. The summed E-state index contributed by atoms with van der Waals surface area (Å²) >= 11 is 0. The van der Waals surface area contributed by atoms with Crippen molar-refractivity contribution in [2.45, 2.75) is 25.3 Å². The summed E-state index contributed by atoms with van der Waals surface area (Å²) in [7, 11) is 1.67. The predicted molar refractivity (Wildman–Crippen MR) is 98.3 cm³/mol. The Bertz CT molecular complexity index is 821. The average molecular weight is 354 g/mol. The summed E-state index contributed by atoms with van der Waals surface area (Å²) in [5.41, 5.74) is 3.08. The number of rotatable bonds is 3. The lowest BCUT2D eigenvalue weighted by Crippen LogP contribution is -2.34. The Balaban J connectivity index is 1.44. The smallest absolute Gasteiger partial charge is 0.319 e. The molecule has 6 heteroatoms. The van der Waals surface area contributed by atoms with E-state index in [0.717, 1.165) is 30.6 Å². The Morgan fingerprint density at radius 1 is 1.12 bits per heavy atom. The van der Waals surface area contributed by atoms with Gasteiger partial charge >= 0.3 is 6.03 Å². The van der Waals surface area contributed by atoms with Crippen LogP contribution in [0.25, 0.3) is 0 Å². The first-order valence-electron chi connectivity index (χ1n) is 8.87. The van der Waals surface area contributed by atoms with Gasteiger partial charge in [-0.2, -0.15) is 0 Å². The summed E-state index contributed by atoms with van der Waals surface area (Å²) in [5.74, 6) is 2.21. The molecule has 0 saturated heterocycles. The molecule has 0 saturated carbocycles. The molecule has 2 aromatic rings. The minimum absolute atomic E-state index is 0.00173. The van der Waals surface area contributed by atoms with E-state index in [1.807, 2.05) is 24.3 Å². The Labute approximate surface area is 152 Å². The molecular weight excluding hydrogens is 332 g/mol. The molecule has 0 radical (unpaired) electrons. The maximum Gasteiger partial charge on any atom is 0.319 e. The highest BCUT2D eigenvalue weighted by Crippen LogP contribution is 2.34. The zero-order valence-electron chi connectivity index (χ0n) is 14.7. The number of ether oxygens (including phenoxy) is 3. The fourth-order valence-corrected chi connectivity index (χ4v) is 3.51. The molecule has 0 spiro atoms. The molecule has 2 aromatic carbocycles. The van der Waals surface area contributed by atoms with Crippen LogP contribution < -0.4 is 24.8 Å². The van der Waals surface area contributed by atoms with Crippen molar-refractivity contribution in [2.24, 2.45) is 0 Å². The lowest BCUT2D eigenvalue weighted by molar-refractivity contribution is 0.171. The number of benzene rings is 2. The van der Waals surface area contributed by atoms with Crippen LogP contribution in [0.3, 0.4) is 0 Å². The number of carbonyl (C=O) groups excluding carboxylic acids is 1. The number of methoxy groups -OCH3 is 1. The van der Waals surface area contributed by atoms with E-state index in [1.54, 1.807) is 13.2 Å². The van der Waals surface area contributed by atoms with Gasteiger partial charge in [0.1, 0.15) is 19.0 Å². The van der Waals surface area contributed by atoms with Crippen molar-refractivity contribution in [3.05, 3.63) is 47.5 Å². The minimum atomic E-state index is -0.227. The largest absolute Gasteiger partial charge is 0.497 e. The number of hydrogen-bond donors (Lipinski definition) is 2. The normalized spacial score (nSPS) is 17.8. The SMILES string of the molecule is COc1ccc2c(c1)CCC[C@@H]2NC(=O)Nc1ccc2c(c1)OCCO2. The van der Waals surface area contributed by atoms with Crippen molar-refractivity contribution in [3.63, 3.8) is 0 Å². The Hall–Kier alpha value is -2.89. The first kappa shape index (κ1) is 16.6. The van der Waals surface area contributed by atoms with Gasteiger partial charge in [0.25, 0.3) is 0 Å². The molecule has 136 valence electrons. The first-order chi connectivity index (χ1) is 12.7. The monoisotopic (exact) mass is 354 g/mol. The zero-order valence-corrected chi connectivity index (χ0v) is 14.7. The van der Waals surface area contributed by atoms with E-state index in [-0.39, 0.29) is 12.1 Å². The van der Waals surface area contributed by atoms with Gasteiger partial charge in [0.2, 0.25) is 0 Å². The van der Waals surface area contributed by atoms with E-state index in [9.17, 15) is 4.79 Å². The molecule has 4 rings (SSSR count). The van der Waals surface area contributed by atoms with Gasteiger partial charge in [0.05, 0.1) is 13.2 Å². The number of aryl methyl sites for hydroxylation is 1. The zero-order chi connectivity index (χ0) is 17.9. The van der Waals surface area contributed by atoms with Crippen LogP contribution in [-0.2, 0) is 6.42 Å². The van der Waals surface area contributed by atoms with Crippen molar-refractivity contribution >= 4 is 11.7 Å². The van der Waals surface area contributed by atoms with Crippen LogP contribution in [0.5, 0.6) is 17.2 Å². The number of hydrogen-bond acceptors (Lipinski definition) is 4. The second-order valence-electron chi connectivity index (χ2n) is 6.47. The number of amides is 2. The minimum Gasteiger partial charge on any atom is -0.497 e. The van der Waals surface area contributed by atoms with E-state index in [4.69, 9.17) is 14.2 Å². The summed E-state index contributed by atoms with van der Waals surface area (Å²) in [4.78, 5) is 12.5. The van der Waals surface area contributed by atoms with Gasteiger partial charge in [-0.15, -0.1) is 0 Å². The van der Waals surface area contributed by atoms with E-state index in [1.165, 1.54) is 5.56 Å². The van der Waals surface area contributed by atoms with Crippen LogP contribution in [0.1, 0.15) is 30.0 Å². The van der Waals surface area contributed by atoms with Crippen molar-refractivity contribution in [2.75, 3.05) is 25.6 Å². The summed E-state index contributed by atoms with van der Waals surface area (Å²) in [5, 5.41) is 5.96. The molecule has 26 heavy (non-hydrogen) atoms. The van der Waals surface area contributed by atoms with Gasteiger partial charge in [-0.25, -0.2) is 4.79 Å². The molecule has 0 bridgehead atoms. The number of carbonyl (C=O) groups is 1. The van der Waals surface area contributed by atoms with Crippen LogP contribution in [0.2, 0.25) is 0 Å². The maximum absolute atomic E-state index is 12.5. The van der Waals surface area contributed by atoms with Crippen LogP contribution in [0.15, 0.2) is 36.4 Å². The lowest BCUT2D eigenvalue weighted by Gasteiger charge is -2.27. The fourth-order valence-electron chi connectivity index (χ4n) is 3.51. The molecule has 0 fully saturated rings. The molecule has 2 amide bonds. The molecule has 2 aliphatic rings. The van der Waals surface area contributed by atoms with Gasteiger partial charge in [0, 0.05) is 11.8 Å². The van der Waals surface area contributed by atoms with Gasteiger partial charge in [-0.05, 0) is 54.7 Å². The van der Waals surface area contributed by atoms with Gasteiger partial charge in [-0.3, -0.25) is 0 Å². The summed E-state index contributed by atoms with van der Waals surface area (Å²) in [6.07, 6.45) is 2.97. The molecule has 0 unspecified atom stereocenters. The summed E-state index contributed by atoms with van der Waals surface area (Å²) in [6.45, 7) is 1.07. The first-order valence-corrected chi connectivity index (χ1v) is 8.87. The maximum atomic E-state index is 12.5. The summed E-state index contributed by atoms with van der Waals surface area (Å²) in [6, 6.07) is 11.2. The van der Waals surface area contributed by atoms with Crippen LogP contribution >= 0.6 is 0 Å². The van der Waals surface area contributed by atoms with Gasteiger partial charge in [-0.1, -0.05) is 6.07 Å². The fraction of sp³-hybridized carbons (Fsp3) is 0.350. The molecule has 1 aliphatic carbocycles. The molecule has 2 N–H and O–H groups in total. The second-order valence-corrected chi connectivity index (χ2v) is 6.47. The number of fused-ring (bicyclic) bond motifs is 2. The van der Waals surface area contributed by atoms with Crippen molar-refractivity contribution in [1.29, 1.82) is 0 Å². The molecular formula is C20H22N2O4. The van der Waals surface area contributed by atoms with E-state index in [0.29, 0.717) is 30.4 Å². The highest BCUT2D eigenvalue weighted by Gasteiger charge is 2.22. The van der Waals surface area contributed by atoms with Crippen LogP contribution in [0, 0.1) is 0 Å². The predicted octanol–water partition coefficient (Wildman–Crippen LogP) is 3.67. The van der Waals surface area contributed by atoms with Crippen molar-refractivity contribution in [3.8, 4) is 17.2 Å². The Kier molecular flexibility index (Phi) is 4.56. The quantitative estimate of drug-likeness (QED) is 0.882. The number of anilines is 1. The Morgan fingerprint density at radius 2 is 1.96 bits per heavy atom. The number of nitrogens with one attached hydrogen (secondary N) is 2.